The Labute approximate surface area is 86.6 Å². The van der Waals surface area contributed by atoms with Crippen LogP contribution in [0.25, 0.3) is 0 Å². The molecular formula is C9H14F2N2O2. The lowest BCUT2D eigenvalue weighted by Crippen LogP contribution is -2.43. The normalized spacial score (nSPS) is 16.6. The van der Waals surface area contributed by atoms with Crippen molar-refractivity contribution in [1.82, 2.24) is 10.2 Å². The average Bonchev–Trinajstić information content (AvgIpc) is 2.26. The highest BCUT2D eigenvalue weighted by atomic mass is 19.3. The van der Waals surface area contributed by atoms with Crippen LogP contribution in [0.15, 0.2) is 0 Å². The van der Waals surface area contributed by atoms with E-state index in [1.807, 2.05) is 5.32 Å². The molecule has 4 nitrogen and oxygen atoms in total. The molecule has 1 rings (SSSR count). The smallest absolute Gasteiger partial charge is 0.315 e. The van der Waals surface area contributed by atoms with Crippen LogP contribution < -0.4 is 5.32 Å². The summed E-state index contributed by atoms with van der Waals surface area (Å²) in [4.78, 5) is 23.5. The Morgan fingerprint density at radius 2 is 1.80 bits per heavy atom. The molecule has 1 fully saturated rings. The molecule has 0 saturated carbocycles. The summed E-state index contributed by atoms with van der Waals surface area (Å²) < 4.78 is 23.6. The standard InChI is InChI=1S/C9H14F2N2O2/c10-8(11)9(15)12-6-7(14)13-4-2-1-3-5-13/h8H,1-6H2,(H,12,15). The molecule has 0 aromatic heterocycles. The number of nitrogens with one attached hydrogen (secondary N) is 1. The SMILES string of the molecule is O=C(NCC(=O)N1CCCCC1)C(F)F. The zero-order chi connectivity index (χ0) is 11.3. The van der Waals surface area contributed by atoms with Crippen molar-refractivity contribution >= 4 is 11.8 Å². The van der Waals surface area contributed by atoms with Crippen LogP contribution in [0.4, 0.5) is 8.78 Å². The summed E-state index contributed by atoms with van der Waals surface area (Å²) in [5, 5.41) is 1.90. The van der Waals surface area contributed by atoms with Crippen molar-refractivity contribution in [2.24, 2.45) is 0 Å². The minimum atomic E-state index is -3.06. The Bertz CT molecular complexity index is 240. The number of halogens is 2. The third-order valence-electron chi connectivity index (χ3n) is 2.32. The number of rotatable bonds is 3. The molecule has 0 atom stereocenters. The van der Waals surface area contributed by atoms with Gasteiger partial charge in [0, 0.05) is 13.1 Å². The first-order valence-electron chi connectivity index (χ1n) is 4.95. The fourth-order valence-corrected chi connectivity index (χ4v) is 1.49. The molecule has 0 aromatic carbocycles. The van der Waals surface area contributed by atoms with Gasteiger partial charge in [0.15, 0.2) is 0 Å². The average molecular weight is 220 g/mol. The number of alkyl halides is 2. The van der Waals surface area contributed by atoms with Crippen molar-refractivity contribution in [3.8, 4) is 0 Å². The second kappa shape index (κ2) is 5.63. The van der Waals surface area contributed by atoms with Gasteiger partial charge in [0.1, 0.15) is 0 Å². The van der Waals surface area contributed by atoms with Gasteiger partial charge in [0.05, 0.1) is 6.54 Å². The minimum absolute atomic E-state index is 0.288. The van der Waals surface area contributed by atoms with E-state index in [-0.39, 0.29) is 12.5 Å². The Balaban J connectivity index is 2.26. The van der Waals surface area contributed by atoms with E-state index in [9.17, 15) is 18.4 Å². The molecule has 0 radical (unpaired) electrons. The van der Waals surface area contributed by atoms with E-state index in [0.717, 1.165) is 19.3 Å². The number of likely N-dealkylation sites (tertiary alicyclic amines) is 1. The summed E-state index contributed by atoms with van der Waals surface area (Å²) in [5.41, 5.74) is 0. The highest BCUT2D eigenvalue weighted by molar-refractivity contribution is 5.86. The quantitative estimate of drug-likeness (QED) is 0.747. The Morgan fingerprint density at radius 1 is 1.20 bits per heavy atom. The van der Waals surface area contributed by atoms with Crippen LogP contribution in [-0.4, -0.2) is 42.8 Å². The molecule has 1 heterocycles. The van der Waals surface area contributed by atoms with Crippen molar-refractivity contribution < 1.29 is 18.4 Å². The molecule has 0 aromatic rings. The predicted molar refractivity (Wildman–Crippen MR) is 49.4 cm³/mol. The van der Waals surface area contributed by atoms with Crippen molar-refractivity contribution in [2.75, 3.05) is 19.6 Å². The van der Waals surface area contributed by atoms with E-state index >= 15 is 0 Å². The fourth-order valence-electron chi connectivity index (χ4n) is 1.49. The van der Waals surface area contributed by atoms with Gasteiger partial charge in [-0.15, -0.1) is 0 Å². The van der Waals surface area contributed by atoms with Gasteiger partial charge < -0.3 is 10.2 Å². The Morgan fingerprint density at radius 3 is 2.33 bits per heavy atom. The summed E-state index contributed by atoms with van der Waals surface area (Å²) in [6, 6.07) is 0. The topological polar surface area (TPSA) is 49.4 Å². The zero-order valence-electron chi connectivity index (χ0n) is 8.34. The molecule has 6 heteroatoms. The van der Waals surface area contributed by atoms with Crippen LogP contribution in [0.5, 0.6) is 0 Å². The monoisotopic (exact) mass is 220 g/mol. The maximum Gasteiger partial charge on any atom is 0.315 e. The van der Waals surface area contributed by atoms with Crippen molar-refractivity contribution in [1.29, 1.82) is 0 Å². The van der Waals surface area contributed by atoms with Crippen LogP contribution in [0.2, 0.25) is 0 Å². The van der Waals surface area contributed by atoms with Gasteiger partial charge in [-0.2, -0.15) is 8.78 Å². The first kappa shape index (κ1) is 11.9. The van der Waals surface area contributed by atoms with E-state index in [0.29, 0.717) is 13.1 Å². The van der Waals surface area contributed by atoms with Gasteiger partial charge in [-0.05, 0) is 19.3 Å². The van der Waals surface area contributed by atoms with Gasteiger partial charge >= 0.3 is 6.43 Å². The summed E-state index contributed by atoms with van der Waals surface area (Å²) >= 11 is 0. The van der Waals surface area contributed by atoms with E-state index in [4.69, 9.17) is 0 Å². The lowest BCUT2D eigenvalue weighted by atomic mass is 10.1. The fraction of sp³-hybridized carbons (Fsp3) is 0.778. The van der Waals surface area contributed by atoms with Crippen LogP contribution >= 0.6 is 0 Å². The summed E-state index contributed by atoms with van der Waals surface area (Å²) in [5.74, 6) is -1.68. The van der Waals surface area contributed by atoms with Gasteiger partial charge in [-0.3, -0.25) is 9.59 Å². The van der Waals surface area contributed by atoms with E-state index in [1.54, 1.807) is 4.90 Å². The number of hydrogen-bond donors (Lipinski definition) is 1. The highest BCUT2D eigenvalue weighted by Crippen LogP contribution is 2.08. The van der Waals surface area contributed by atoms with Gasteiger partial charge in [0.25, 0.3) is 5.91 Å². The van der Waals surface area contributed by atoms with E-state index in [1.165, 1.54) is 0 Å². The molecule has 1 N–H and O–H groups in total. The number of hydrogen-bond acceptors (Lipinski definition) is 2. The third-order valence-corrected chi connectivity index (χ3v) is 2.32. The molecule has 1 aliphatic heterocycles. The number of carbonyl (C=O) groups excluding carboxylic acids is 2. The summed E-state index contributed by atoms with van der Waals surface area (Å²) in [7, 11) is 0. The molecule has 0 unspecified atom stereocenters. The first-order valence-corrected chi connectivity index (χ1v) is 4.95. The molecule has 0 spiro atoms. The third kappa shape index (κ3) is 3.81. The molecule has 86 valence electrons. The largest absolute Gasteiger partial charge is 0.342 e. The van der Waals surface area contributed by atoms with Gasteiger partial charge in [-0.25, -0.2) is 0 Å². The Hall–Kier alpha value is -1.20. The summed E-state index contributed by atoms with van der Waals surface area (Å²) in [6.07, 6.45) is -0.0878. The maximum absolute atomic E-state index is 11.8. The van der Waals surface area contributed by atoms with Gasteiger partial charge in [0.2, 0.25) is 5.91 Å². The van der Waals surface area contributed by atoms with Gasteiger partial charge in [-0.1, -0.05) is 0 Å². The number of carbonyl (C=O) groups is 2. The summed E-state index contributed by atoms with van der Waals surface area (Å²) in [6.45, 7) is 0.982. The van der Waals surface area contributed by atoms with Crippen molar-refractivity contribution in [3.63, 3.8) is 0 Å². The van der Waals surface area contributed by atoms with Crippen LogP contribution in [-0.2, 0) is 9.59 Å². The van der Waals surface area contributed by atoms with Crippen LogP contribution in [0.3, 0.4) is 0 Å². The lowest BCUT2D eigenvalue weighted by Gasteiger charge is -2.26. The van der Waals surface area contributed by atoms with Crippen molar-refractivity contribution in [3.05, 3.63) is 0 Å². The second-order valence-corrected chi connectivity index (χ2v) is 3.46. The van der Waals surface area contributed by atoms with Crippen molar-refractivity contribution in [2.45, 2.75) is 25.7 Å². The Kier molecular flexibility index (Phi) is 4.45. The minimum Gasteiger partial charge on any atom is -0.342 e. The van der Waals surface area contributed by atoms with Crippen LogP contribution in [0.1, 0.15) is 19.3 Å². The molecule has 15 heavy (non-hydrogen) atoms. The number of piperidine rings is 1. The van der Waals surface area contributed by atoms with E-state index in [2.05, 4.69) is 0 Å². The predicted octanol–water partition coefficient (Wildman–Crippen LogP) is 0.380. The molecule has 1 saturated heterocycles. The molecule has 0 bridgehead atoms. The molecular weight excluding hydrogens is 206 g/mol. The lowest BCUT2D eigenvalue weighted by molar-refractivity contribution is -0.137. The van der Waals surface area contributed by atoms with Crippen LogP contribution in [0, 0.1) is 0 Å². The number of amides is 2. The first-order chi connectivity index (χ1) is 7.11. The molecule has 0 aliphatic carbocycles. The molecule has 1 aliphatic rings. The second-order valence-electron chi connectivity index (χ2n) is 3.46. The zero-order valence-corrected chi connectivity index (χ0v) is 8.34. The highest BCUT2D eigenvalue weighted by Gasteiger charge is 2.19. The number of nitrogens with zero attached hydrogens (tertiary/aromatic N) is 1. The van der Waals surface area contributed by atoms with E-state index < -0.39 is 12.3 Å². The molecule has 2 amide bonds. The maximum atomic E-state index is 11.8.